The molecule has 0 unspecified atom stereocenters. The third-order valence-corrected chi connectivity index (χ3v) is 2.32. The summed E-state index contributed by atoms with van der Waals surface area (Å²) in [7, 11) is 1.53. The summed E-state index contributed by atoms with van der Waals surface area (Å²) in [4.78, 5) is 11.0. The molecule has 0 spiro atoms. The van der Waals surface area contributed by atoms with E-state index in [0.717, 1.165) is 32.5 Å². The van der Waals surface area contributed by atoms with E-state index in [-0.39, 0.29) is 12.5 Å². The van der Waals surface area contributed by atoms with Gasteiger partial charge in [0.25, 0.3) is 0 Å². The summed E-state index contributed by atoms with van der Waals surface area (Å²) in [5.74, 6) is 0.628. The van der Waals surface area contributed by atoms with Crippen molar-refractivity contribution in [3.63, 3.8) is 0 Å². The van der Waals surface area contributed by atoms with Crippen LogP contribution in [-0.2, 0) is 9.53 Å². The number of piperidine rings is 1. The fourth-order valence-electron chi connectivity index (χ4n) is 1.53. The summed E-state index contributed by atoms with van der Waals surface area (Å²) in [5.41, 5.74) is 0. The number of carbonyl (C=O) groups is 1. The van der Waals surface area contributed by atoms with E-state index in [1.807, 2.05) is 0 Å². The number of amides is 1. The van der Waals surface area contributed by atoms with E-state index in [0.29, 0.717) is 5.92 Å². The first-order chi connectivity index (χ1) is 6.33. The number of ether oxygens (including phenoxy) is 1. The molecule has 0 aromatic heterocycles. The Labute approximate surface area is 79.0 Å². The Balaban J connectivity index is 2.06. The number of nitrogens with one attached hydrogen (secondary N) is 2. The molecule has 1 aliphatic heterocycles. The predicted molar refractivity (Wildman–Crippen MR) is 50.5 cm³/mol. The molecule has 1 saturated heterocycles. The molecule has 0 bridgehead atoms. The lowest BCUT2D eigenvalue weighted by molar-refractivity contribution is -0.124. The van der Waals surface area contributed by atoms with Crippen LogP contribution in [0.5, 0.6) is 0 Å². The molecule has 4 heteroatoms. The van der Waals surface area contributed by atoms with Gasteiger partial charge in [0.05, 0.1) is 0 Å². The van der Waals surface area contributed by atoms with E-state index in [4.69, 9.17) is 4.74 Å². The van der Waals surface area contributed by atoms with E-state index in [1.165, 1.54) is 7.11 Å². The number of hydrogen-bond donors (Lipinski definition) is 2. The fourth-order valence-corrected chi connectivity index (χ4v) is 1.53. The maximum absolute atomic E-state index is 11.0. The average Bonchev–Trinajstić information content (AvgIpc) is 2.17. The summed E-state index contributed by atoms with van der Waals surface area (Å²) in [5, 5.41) is 6.15. The topological polar surface area (TPSA) is 50.4 Å². The molecule has 1 fully saturated rings. The number of rotatable bonds is 4. The molecular weight excluding hydrogens is 168 g/mol. The van der Waals surface area contributed by atoms with Crippen molar-refractivity contribution in [2.45, 2.75) is 12.8 Å². The first-order valence-corrected chi connectivity index (χ1v) is 4.79. The van der Waals surface area contributed by atoms with Crippen molar-refractivity contribution in [3.05, 3.63) is 0 Å². The summed E-state index contributed by atoms with van der Waals surface area (Å²) in [6.45, 7) is 3.12. The lowest BCUT2D eigenvalue weighted by Crippen LogP contribution is -2.37. The van der Waals surface area contributed by atoms with Gasteiger partial charge >= 0.3 is 0 Å². The summed E-state index contributed by atoms with van der Waals surface area (Å²) in [6.07, 6.45) is 2.32. The quantitative estimate of drug-likeness (QED) is 0.636. The highest BCUT2D eigenvalue weighted by atomic mass is 16.5. The molecule has 1 amide bonds. The standard InChI is InChI=1S/C9H18N2O2/c1-13-7-9(12)11-6-8-2-4-10-5-3-8/h8,10H,2-7H2,1H3,(H,11,12). The average molecular weight is 186 g/mol. The number of carbonyl (C=O) groups excluding carboxylic acids is 1. The number of hydrogen-bond acceptors (Lipinski definition) is 3. The molecule has 4 nitrogen and oxygen atoms in total. The SMILES string of the molecule is COCC(=O)NCC1CCNCC1. The Kier molecular flexibility index (Phi) is 4.78. The minimum Gasteiger partial charge on any atom is -0.375 e. The van der Waals surface area contributed by atoms with Crippen LogP contribution in [0.3, 0.4) is 0 Å². The highest BCUT2D eigenvalue weighted by Gasteiger charge is 2.13. The van der Waals surface area contributed by atoms with Crippen LogP contribution in [0, 0.1) is 5.92 Å². The molecule has 1 rings (SSSR count). The van der Waals surface area contributed by atoms with Crippen molar-refractivity contribution in [1.29, 1.82) is 0 Å². The minimum absolute atomic E-state index is 0.0129. The molecule has 0 aliphatic carbocycles. The Morgan fingerprint density at radius 3 is 2.85 bits per heavy atom. The van der Waals surface area contributed by atoms with E-state index < -0.39 is 0 Å². The van der Waals surface area contributed by atoms with E-state index in [9.17, 15) is 4.79 Å². The molecule has 2 N–H and O–H groups in total. The van der Waals surface area contributed by atoms with Gasteiger partial charge in [0.2, 0.25) is 5.91 Å². The highest BCUT2D eigenvalue weighted by molar-refractivity contribution is 5.77. The van der Waals surface area contributed by atoms with Gasteiger partial charge in [-0.2, -0.15) is 0 Å². The molecule has 76 valence electrons. The normalized spacial score (nSPS) is 18.5. The van der Waals surface area contributed by atoms with Crippen LogP contribution < -0.4 is 10.6 Å². The lowest BCUT2D eigenvalue weighted by Gasteiger charge is -2.22. The second kappa shape index (κ2) is 5.94. The molecule has 0 atom stereocenters. The highest BCUT2D eigenvalue weighted by Crippen LogP contribution is 2.09. The second-order valence-corrected chi connectivity index (χ2v) is 3.43. The zero-order chi connectivity index (χ0) is 9.52. The molecule has 1 heterocycles. The van der Waals surface area contributed by atoms with Gasteiger partial charge in [0.1, 0.15) is 6.61 Å². The van der Waals surface area contributed by atoms with Crippen LogP contribution in [0.1, 0.15) is 12.8 Å². The molecule has 0 aromatic carbocycles. The van der Waals surface area contributed by atoms with Crippen LogP contribution in [0.25, 0.3) is 0 Å². The maximum Gasteiger partial charge on any atom is 0.245 e. The summed E-state index contributed by atoms with van der Waals surface area (Å²) in [6, 6.07) is 0. The largest absolute Gasteiger partial charge is 0.375 e. The van der Waals surface area contributed by atoms with Crippen molar-refractivity contribution in [1.82, 2.24) is 10.6 Å². The smallest absolute Gasteiger partial charge is 0.245 e. The molecule has 0 aromatic rings. The summed E-state index contributed by atoms with van der Waals surface area (Å²) < 4.78 is 4.72. The molecular formula is C9H18N2O2. The zero-order valence-corrected chi connectivity index (χ0v) is 8.14. The maximum atomic E-state index is 11.0. The Hall–Kier alpha value is -0.610. The van der Waals surface area contributed by atoms with Gasteiger partial charge in [-0.05, 0) is 31.8 Å². The van der Waals surface area contributed by atoms with Crippen LogP contribution >= 0.6 is 0 Å². The first kappa shape index (κ1) is 10.5. The van der Waals surface area contributed by atoms with Gasteiger partial charge in [-0.15, -0.1) is 0 Å². The van der Waals surface area contributed by atoms with Gasteiger partial charge in [0, 0.05) is 13.7 Å². The fraction of sp³-hybridized carbons (Fsp3) is 0.889. The van der Waals surface area contributed by atoms with Gasteiger partial charge in [0.15, 0.2) is 0 Å². The monoisotopic (exact) mass is 186 g/mol. The Morgan fingerprint density at radius 1 is 1.54 bits per heavy atom. The second-order valence-electron chi connectivity index (χ2n) is 3.43. The lowest BCUT2D eigenvalue weighted by atomic mass is 9.98. The molecule has 1 aliphatic rings. The van der Waals surface area contributed by atoms with E-state index >= 15 is 0 Å². The van der Waals surface area contributed by atoms with Crippen LogP contribution in [-0.4, -0.2) is 39.3 Å². The van der Waals surface area contributed by atoms with Crippen LogP contribution in [0.4, 0.5) is 0 Å². The zero-order valence-electron chi connectivity index (χ0n) is 8.14. The van der Waals surface area contributed by atoms with Crippen LogP contribution in [0.15, 0.2) is 0 Å². The number of methoxy groups -OCH3 is 1. The van der Waals surface area contributed by atoms with Crippen molar-refractivity contribution in [3.8, 4) is 0 Å². The minimum atomic E-state index is -0.0129. The first-order valence-electron chi connectivity index (χ1n) is 4.79. The predicted octanol–water partition coefficient (Wildman–Crippen LogP) is -0.251. The molecule has 13 heavy (non-hydrogen) atoms. The van der Waals surface area contributed by atoms with Crippen LogP contribution in [0.2, 0.25) is 0 Å². The molecule has 0 radical (unpaired) electrons. The summed E-state index contributed by atoms with van der Waals surface area (Å²) >= 11 is 0. The van der Waals surface area contributed by atoms with Gasteiger partial charge in [-0.25, -0.2) is 0 Å². The van der Waals surface area contributed by atoms with E-state index in [2.05, 4.69) is 10.6 Å². The van der Waals surface area contributed by atoms with Gasteiger partial charge < -0.3 is 15.4 Å². The van der Waals surface area contributed by atoms with Gasteiger partial charge in [-0.1, -0.05) is 0 Å². The molecule has 0 saturated carbocycles. The van der Waals surface area contributed by atoms with E-state index in [1.54, 1.807) is 0 Å². The van der Waals surface area contributed by atoms with Crippen molar-refractivity contribution in [2.24, 2.45) is 5.92 Å². The van der Waals surface area contributed by atoms with Crippen molar-refractivity contribution < 1.29 is 9.53 Å². The third kappa shape index (κ3) is 4.24. The van der Waals surface area contributed by atoms with Crippen molar-refractivity contribution >= 4 is 5.91 Å². The van der Waals surface area contributed by atoms with Gasteiger partial charge in [-0.3, -0.25) is 4.79 Å². The Morgan fingerprint density at radius 2 is 2.23 bits per heavy atom. The third-order valence-electron chi connectivity index (χ3n) is 2.32. The van der Waals surface area contributed by atoms with Crippen molar-refractivity contribution in [2.75, 3.05) is 33.4 Å². The Bertz CT molecular complexity index is 156.